The molecule has 8 N–H and O–H groups in total. The number of carboxylic acid groups (broad SMARTS) is 3. The van der Waals surface area contributed by atoms with E-state index in [1.807, 2.05) is 6.92 Å². The number of alkyl halides is 6. The minimum atomic E-state index is -5.08. The fourth-order valence-corrected chi connectivity index (χ4v) is 2.95. The van der Waals surface area contributed by atoms with Gasteiger partial charge in [0.15, 0.2) is 0 Å². The number of aryl methyl sites for hydroxylation is 1. The molecule has 0 saturated carbocycles. The number of aromatic nitrogens is 2. The molecule has 1 amide bonds. The zero-order chi connectivity index (χ0) is 34.7. The van der Waals surface area contributed by atoms with Crippen molar-refractivity contribution in [1.29, 1.82) is 5.41 Å². The van der Waals surface area contributed by atoms with E-state index < -0.39 is 36.0 Å². The smallest absolute Gasteiger partial charge is 0.490 e. The van der Waals surface area contributed by atoms with Gasteiger partial charge in [0, 0.05) is 23.1 Å². The number of carbonyl (C=O) groups is 5. The number of amidine groups is 1. The van der Waals surface area contributed by atoms with Gasteiger partial charge in [-0.3, -0.25) is 15.0 Å². The second kappa shape index (κ2) is 15.7. The van der Waals surface area contributed by atoms with E-state index in [-0.39, 0.29) is 37.1 Å². The van der Waals surface area contributed by atoms with Gasteiger partial charge in [-0.2, -0.15) is 26.3 Å². The van der Waals surface area contributed by atoms with Crippen LogP contribution in [0.1, 0.15) is 27.3 Å². The number of carboxylic acids is 3. The number of halogens is 6. The lowest BCUT2D eigenvalue weighted by molar-refractivity contribution is -0.193. The number of rotatable bonds is 9. The summed E-state index contributed by atoms with van der Waals surface area (Å²) in [5.74, 6) is -7.56. The van der Waals surface area contributed by atoms with Gasteiger partial charge in [0.25, 0.3) is 5.91 Å². The predicted molar refractivity (Wildman–Crippen MR) is 140 cm³/mol. The van der Waals surface area contributed by atoms with E-state index in [9.17, 15) is 40.7 Å². The molecular formula is C25H23F6N5O9. The number of aromatic amines is 1. The van der Waals surface area contributed by atoms with E-state index in [4.69, 9.17) is 40.8 Å². The van der Waals surface area contributed by atoms with Crippen LogP contribution in [0, 0.1) is 12.3 Å². The predicted octanol–water partition coefficient (Wildman–Crippen LogP) is 2.43. The van der Waals surface area contributed by atoms with Crippen LogP contribution in [0.25, 0.3) is 11.0 Å². The number of nitrogen functional groups attached to an aromatic ring is 1. The minimum Gasteiger partial charge on any atom is -0.491 e. The third-order valence-electron chi connectivity index (χ3n) is 4.96. The summed E-state index contributed by atoms with van der Waals surface area (Å²) in [5.41, 5.74) is 8.18. The Morgan fingerprint density at radius 2 is 1.47 bits per heavy atom. The topological polar surface area (TPSA) is 246 Å². The number of nitrogens with two attached hydrogens (primary N) is 1. The average Bonchev–Trinajstić information content (AvgIpc) is 3.30. The van der Waals surface area contributed by atoms with Gasteiger partial charge < -0.3 is 36.1 Å². The van der Waals surface area contributed by atoms with Gasteiger partial charge in [-0.05, 0) is 31.2 Å². The van der Waals surface area contributed by atoms with Crippen LogP contribution in [-0.2, 0) is 25.6 Å². The van der Waals surface area contributed by atoms with E-state index in [1.54, 1.807) is 18.2 Å². The number of benzene rings is 2. The van der Waals surface area contributed by atoms with E-state index in [0.717, 1.165) is 11.3 Å². The standard InChI is InChI=1S/C21H21N5O5.2C2HF3O2/c1-11-25-15-5-4-14(8-16(15)26-11)20(28)24-6-7-31-18-10-13(19(22)23)3-2-12(18)9-17(27)21(29)30;2*3-2(4,5)1(6)7/h2-5,8,10H,6-7,9H2,1H3,(H3,22,23)(H,24,28)(H,25,26)(H,29,30);2*(H,6,7). The number of ketones is 1. The summed E-state index contributed by atoms with van der Waals surface area (Å²) < 4.78 is 69.1. The lowest BCUT2D eigenvalue weighted by Crippen LogP contribution is -2.28. The molecule has 244 valence electrons. The first kappa shape index (κ1) is 37.3. The van der Waals surface area contributed by atoms with E-state index in [1.165, 1.54) is 18.2 Å². The average molecular weight is 651 g/mol. The van der Waals surface area contributed by atoms with E-state index in [2.05, 4.69) is 15.3 Å². The summed E-state index contributed by atoms with van der Waals surface area (Å²) in [6, 6.07) is 9.60. The van der Waals surface area contributed by atoms with Gasteiger partial charge in [-0.15, -0.1) is 0 Å². The SMILES string of the molecule is Cc1nc2cc(C(=O)NCCOc3cc(C(=N)N)ccc3CC(=O)C(=O)O)ccc2[nH]1.O=C(O)C(F)(F)F.O=C(O)C(F)(F)F. The molecule has 14 nitrogen and oxygen atoms in total. The Morgan fingerprint density at radius 3 is 1.96 bits per heavy atom. The molecule has 3 rings (SSSR count). The molecule has 0 atom stereocenters. The van der Waals surface area contributed by atoms with Crippen molar-refractivity contribution in [2.24, 2.45) is 5.73 Å². The number of H-pyrrole nitrogens is 1. The number of ether oxygens (including phenoxy) is 1. The number of carbonyl (C=O) groups excluding carboxylic acids is 2. The molecule has 0 aliphatic heterocycles. The lowest BCUT2D eigenvalue weighted by Gasteiger charge is -2.13. The molecule has 1 aromatic heterocycles. The van der Waals surface area contributed by atoms with Crippen LogP contribution >= 0.6 is 0 Å². The molecule has 20 heteroatoms. The van der Waals surface area contributed by atoms with Crippen molar-refractivity contribution in [2.45, 2.75) is 25.7 Å². The van der Waals surface area contributed by atoms with Crippen molar-refractivity contribution >= 4 is 46.5 Å². The van der Waals surface area contributed by atoms with Gasteiger partial charge in [0.1, 0.15) is 24.0 Å². The molecule has 1 heterocycles. The van der Waals surface area contributed by atoms with Crippen molar-refractivity contribution < 1.29 is 70.4 Å². The Hall–Kier alpha value is -5.69. The monoisotopic (exact) mass is 651 g/mol. The second-order valence-electron chi connectivity index (χ2n) is 8.41. The normalized spacial score (nSPS) is 10.8. The van der Waals surface area contributed by atoms with Crippen molar-refractivity contribution in [1.82, 2.24) is 15.3 Å². The van der Waals surface area contributed by atoms with Crippen LogP contribution in [0.5, 0.6) is 5.75 Å². The summed E-state index contributed by atoms with van der Waals surface area (Å²) in [7, 11) is 0. The maximum Gasteiger partial charge on any atom is 0.490 e. The number of nitrogens with zero attached hydrogens (tertiary/aromatic N) is 1. The Labute approximate surface area is 247 Å². The van der Waals surface area contributed by atoms with Crippen LogP contribution in [0.15, 0.2) is 36.4 Å². The maximum absolute atomic E-state index is 12.4. The maximum atomic E-state index is 12.4. The number of hydrogen-bond acceptors (Lipinski definition) is 8. The minimum absolute atomic E-state index is 0.0606. The van der Waals surface area contributed by atoms with Crippen LogP contribution in [0.4, 0.5) is 26.3 Å². The largest absolute Gasteiger partial charge is 0.491 e. The first-order valence-electron chi connectivity index (χ1n) is 11.8. The number of nitrogens with one attached hydrogen (secondary N) is 3. The zero-order valence-electron chi connectivity index (χ0n) is 22.7. The first-order chi connectivity index (χ1) is 20.6. The van der Waals surface area contributed by atoms with Crippen molar-refractivity contribution in [3.63, 3.8) is 0 Å². The number of aliphatic carboxylic acids is 3. The third kappa shape index (κ3) is 12.6. The zero-order valence-corrected chi connectivity index (χ0v) is 22.7. The molecule has 0 bridgehead atoms. The van der Waals surface area contributed by atoms with Crippen LogP contribution in [0.2, 0.25) is 0 Å². The number of fused-ring (bicyclic) bond motifs is 1. The quantitative estimate of drug-likeness (QED) is 0.0582. The summed E-state index contributed by atoms with van der Waals surface area (Å²) in [5, 5.41) is 33.3. The Bertz CT molecular complexity index is 1560. The highest BCUT2D eigenvalue weighted by atomic mass is 19.4. The van der Waals surface area contributed by atoms with Crippen molar-refractivity contribution in [2.75, 3.05) is 13.2 Å². The number of imidazole rings is 1. The highest BCUT2D eigenvalue weighted by Gasteiger charge is 2.38. The van der Waals surface area contributed by atoms with Crippen LogP contribution in [0.3, 0.4) is 0 Å². The van der Waals surface area contributed by atoms with Crippen LogP contribution < -0.4 is 15.8 Å². The summed E-state index contributed by atoms with van der Waals surface area (Å²) in [6.07, 6.45) is -10.5. The van der Waals surface area contributed by atoms with Gasteiger partial charge in [-0.25, -0.2) is 19.4 Å². The van der Waals surface area contributed by atoms with Crippen molar-refractivity contribution in [3.8, 4) is 5.75 Å². The highest BCUT2D eigenvalue weighted by molar-refractivity contribution is 6.33. The Balaban J connectivity index is 0.000000601. The number of hydrogen-bond donors (Lipinski definition) is 7. The fraction of sp³-hybridized carbons (Fsp3) is 0.240. The highest BCUT2D eigenvalue weighted by Crippen LogP contribution is 2.22. The molecule has 0 fully saturated rings. The lowest BCUT2D eigenvalue weighted by atomic mass is 10.0. The molecule has 45 heavy (non-hydrogen) atoms. The van der Waals surface area contributed by atoms with Gasteiger partial charge in [0.2, 0.25) is 5.78 Å². The van der Waals surface area contributed by atoms with Gasteiger partial charge in [-0.1, -0.05) is 12.1 Å². The first-order valence-corrected chi connectivity index (χ1v) is 11.8. The number of amides is 1. The fourth-order valence-electron chi connectivity index (χ4n) is 2.95. The molecular weight excluding hydrogens is 628 g/mol. The summed E-state index contributed by atoms with van der Waals surface area (Å²) in [4.78, 5) is 60.0. The molecule has 0 unspecified atom stereocenters. The van der Waals surface area contributed by atoms with Gasteiger partial charge >= 0.3 is 30.3 Å². The van der Waals surface area contributed by atoms with E-state index in [0.29, 0.717) is 22.2 Å². The van der Waals surface area contributed by atoms with Crippen molar-refractivity contribution in [3.05, 3.63) is 58.9 Å². The summed E-state index contributed by atoms with van der Waals surface area (Å²) in [6.45, 7) is 2.05. The van der Waals surface area contributed by atoms with E-state index >= 15 is 0 Å². The molecule has 2 aromatic carbocycles. The number of Topliss-reactive ketones (excluding diaryl/α,β-unsaturated/α-hetero) is 1. The Kier molecular flexibility index (Phi) is 13.0. The Morgan fingerprint density at radius 1 is 0.933 bits per heavy atom. The molecule has 0 spiro atoms. The molecule has 0 aliphatic carbocycles. The van der Waals surface area contributed by atoms with Gasteiger partial charge in [0.05, 0.1) is 17.6 Å². The van der Waals surface area contributed by atoms with Crippen LogP contribution in [-0.4, -0.2) is 86.2 Å². The summed E-state index contributed by atoms with van der Waals surface area (Å²) >= 11 is 0. The molecule has 0 radical (unpaired) electrons. The molecule has 0 saturated heterocycles. The second-order valence-corrected chi connectivity index (χ2v) is 8.41. The molecule has 3 aromatic rings. The molecule has 0 aliphatic rings. The third-order valence-corrected chi connectivity index (χ3v) is 4.96.